The van der Waals surface area contributed by atoms with E-state index in [4.69, 9.17) is 0 Å². The van der Waals surface area contributed by atoms with Crippen LogP contribution in [0.5, 0.6) is 0 Å². The fourth-order valence-corrected chi connectivity index (χ4v) is 2.17. The quantitative estimate of drug-likeness (QED) is 0.915. The molecule has 0 bridgehead atoms. The molecule has 90 valence electrons. The Kier molecular flexibility index (Phi) is 3.96. The van der Waals surface area contributed by atoms with Crippen LogP contribution in [0, 0.1) is 0 Å². The zero-order valence-electron chi connectivity index (χ0n) is 9.14. The first-order valence-corrected chi connectivity index (χ1v) is 6.63. The SMILES string of the molecule is Cn1cc(CC(O)c2ccc(Br)c(Br)c2)nn1. The second kappa shape index (κ2) is 5.29. The molecule has 2 aromatic rings. The number of halogens is 2. The molecule has 17 heavy (non-hydrogen) atoms. The topological polar surface area (TPSA) is 50.9 Å². The van der Waals surface area contributed by atoms with E-state index in [0.29, 0.717) is 6.42 Å². The van der Waals surface area contributed by atoms with Crippen molar-refractivity contribution in [2.45, 2.75) is 12.5 Å². The van der Waals surface area contributed by atoms with Crippen LogP contribution in [0.25, 0.3) is 0 Å². The van der Waals surface area contributed by atoms with Crippen LogP contribution in [0.3, 0.4) is 0 Å². The van der Waals surface area contributed by atoms with Crippen LogP contribution in [-0.2, 0) is 13.5 Å². The number of nitrogens with zero attached hydrogens (tertiary/aromatic N) is 3. The Morgan fingerprint density at radius 1 is 1.35 bits per heavy atom. The van der Waals surface area contributed by atoms with Crippen molar-refractivity contribution in [1.82, 2.24) is 15.0 Å². The summed E-state index contributed by atoms with van der Waals surface area (Å²) in [6, 6.07) is 5.68. The molecule has 1 unspecified atom stereocenters. The zero-order chi connectivity index (χ0) is 12.4. The summed E-state index contributed by atoms with van der Waals surface area (Å²) in [5, 5.41) is 17.9. The van der Waals surface area contributed by atoms with E-state index < -0.39 is 6.10 Å². The molecule has 4 nitrogen and oxygen atoms in total. The maximum atomic E-state index is 10.1. The first-order valence-electron chi connectivity index (χ1n) is 5.04. The van der Waals surface area contributed by atoms with E-state index in [-0.39, 0.29) is 0 Å². The Morgan fingerprint density at radius 2 is 2.12 bits per heavy atom. The number of rotatable bonds is 3. The average molecular weight is 361 g/mol. The lowest BCUT2D eigenvalue weighted by Crippen LogP contribution is -2.02. The van der Waals surface area contributed by atoms with Gasteiger partial charge in [0.25, 0.3) is 0 Å². The van der Waals surface area contributed by atoms with Gasteiger partial charge in [0.1, 0.15) is 0 Å². The van der Waals surface area contributed by atoms with Gasteiger partial charge in [-0.05, 0) is 49.6 Å². The number of aryl methyl sites for hydroxylation is 1. The van der Waals surface area contributed by atoms with Gasteiger partial charge in [0.15, 0.2) is 0 Å². The van der Waals surface area contributed by atoms with Crippen LogP contribution in [0.4, 0.5) is 0 Å². The van der Waals surface area contributed by atoms with Gasteiger partial charge < -0.3 is 5.11 Å². The Hall–Kier alpha value is -0.720. The number of hydrogen-bond donors (Lipinski definition) is 1. The maximum absolute atomic E-state index is 10.1. The molecule has 0 saturated heterocycles. The summed E-state index contributed by atoms with van der Waals surface area (Å²) in [7, 11) is 1.80. The van der Waals surface area contributed by atoms with Gasteiger partial charge in [-0.1, -0.05) is 11.3 Å². The van der Waals surface area contributed by atoms with E-state index in [1.165, 1.54) is 0 Å². The minimum atomic E-state index is -0.573. The van der Waals surface area contributed by atoms with E-state index in [9.17, 15) is 5.11 Å². The Labute approximate surface area is 116 Å². The van der Waals surface area contributed by atoms with Gasteiger partial charge in [0, 0.05) is 28.6 Å². The fraction of sp³-hybridized carbons (Fsp3) is 0.273. The molecule has 0 aliphatic rings. The smallest absolute Gasteiger partial charge is 0.0856 e. The van der Waals surface area contributed by atoms with Crippen molar-refractivity contribution in [3.8, 4) is 0 Å². The summed E-state index contributed by atoms with van der Waals surface area (Å²) >= 11 is 6.81. The molecule has 1 N–H and O–H groups in total. The summed E-state index contributed by atoms with van der Waals surface area (Å²) in [6.07, 6.45) is 1.69. The van der Waals surface area contributed by atoms with Crippen molar-refractivity contribution in [3.05, 3.63) is 44.6 Å². The number of aliphatic hydroxyl groups excluding tert-OH is 1. The van der Waals surface area contributed by atoms with E-state index >= 15 is 0 Å². The standard InChI is InChI=1S/C11H11Br2N3O/c1-16-6-8(14-15-16)5-11(17)7-2-3-9(12)10(13)4-7/h2-4,6,11,17H,5H2,1H3. The minimum absolute atomic E-state index is 0.460. The molecule has 1 heterocycles. The summed E-state index contributed by atoms with van der Waals surface area (Å²) in [6.45, 7) is 0. The van der Waals surface area contributed by atoms with Crippen molar-refractivity contribution in [2.75, 3.05) is 0 Å². The third-order valence-electron chi connectivity index (χ3n) is 2.38. The number of aromatic nitrogens is 3. The van der Waals surface area contributed by atoms with Gasteiger partial charge in [-0.2, -0.15) is 0 Å². The molecule has 2 rings (SSSR count). The molecule has 1 aromatic heterocycles. The highest BCUT2D eigenvalue weighted by Gasteiger charge is 2.12. The Morgan fingerprint density at radius 3 is 2.71 bits per heavy atom. The molecule has 1 atom stereocenters. The van der Waals surface area contributed by atoms with E-state index in [0.717, 1.165) is 20.2 Å². The van der Waals surface area contributed by atoms with E-state index in [1.807, 2.05) is 18.2 Å². The van der Waals surface area contributed by atoms with Crippen molar-refractivity contribution >= 4 is 31.9 Å². The van der Waals surface area contributed by atoms with Crippen LogP contribution in [0.15, 0.2) is 33.3 Å². The molecule has 0 saturated carbocycles. The van der Waals surface area contributed by atoms with Gasteiger partial charge in [0.2, 0.25) is 0 Å². The van der Waals surface area contributed by atoms with Crippen LogP contribution in [-0.4, -0.2) is 20.1 Å². The second-order valence-electron chi connectivity index (χ2n) is 3.78. The van der Waals surface area contributed by atoms with Gasteiger partial charge in [0.05, 0.1) is 11.8 Å². The van der Waals surface area contributed by atoms with Gasteiger partial charge >= 0.3 is 0 Å². The first kappa shape index (κ1) is 12.7. The maximum Gasteiger partial charge on any atom is 0.0856 e. The summed E-state index contributed by atoms with van der Waals surface area (Å²) in [5.41, 5.74) is 1.63. The lowest BCUT2D eigenvalue weighted by Gasteiger charge is -2.10. The Bertz CT molecular complexity index is 527. The van der Waals surface area contributed by atoms with E-state index in [1.54, 1.807) is 17.9 Å². The first-order chi connectivity index (χ1) is 8.06. The van der Waals surface area contributed by atoms with Crippen molar-refractivity contribution < 1.29 is 5.11 Å². The third kappa shape index (κ3) is 3.14. The van der Waals surface area contributed by atoms with Gasteiger partial charge in [-0.25, -0.2) is 0 Å². The minimum Gasteiger partial charge on any atom is -0.388 e. The summed E-state index contributed by atoms with van der Waals surface area (Å²) in [5.74, 6) is 0. The second-order valence-corrected chi connectivity index (χ2v) is 5.49. The van der Waals surface area contributed by atoms with Crippen LogP contribution in [0.1, 0.15) is 17.4 Å². The van der Waals surface area contributed by atoms with Crippen molar-refractivity contribution in [3.63, 3.8) is 0 Å². The molecular weight excluding hydrogens is 350 g/mol. The van der Waals surface area contributed by atoms with Crippen LogP contribution >= 0.6 is 31.9 Å². The van der Waals surface area contributed by atoms with Gasteiger partial charge in [-0.3, -0.25) is 4.68 Å². The molecule has 0 aliphatic carbocycles. The molecule has 0 aliphatic heterocycles. The summed E-state index contributed by atoms with van der Waals surface area (Å²) in [4.78, 5) is 0. The number of hydrogen-bond acceptors (Lipinski definition) is 3. The highest BCUT2D eigenvalue weighted by Crippen LogP contribution is 2.27. The molecule has 0 amide bonds. The lowest BCUT2D eigenvalue weighted by atomic mass is 10.1. The normalized spacial score (nSPS) is 12.7. The van der Waals surface area contributed by atoms with Gasteiger partial charge in [-0.15, -0.1) is 5.10 Å². The molecule has 0 spiro atoms. The molecule has 0 radical (unpaired) electrons. The molecule has 6 heteroatoms. The Balaban J connectivity index is 2.14. The molecule has 1 aromatic carbocycles. The highest BCUT2D eigenvalue weighted by molar-refractivity contribution is 9.13. The largest absolute Gasteiger partial charge is 0.388 e. The number of benzene rings is 1. The number of aliphatic hydroxyl groups is 1. The van der Waals surface area contributed by atoms with Crippen LogP contribution < -0.4 is 0 Å². The fourth-order valence-electron chi connectivity index (χ4n) is 1.52. The van der Waals surface area contributed by atoms with E-state index in [2.05, 4.69) is 42.2 Å². The predicted molar refractivity (Wildman–Crippen MR) is 71.5 cm³/mol. The highest BCUT2D eigenvalue weighted by atomic mass is 79.9. The monoisotopic (exact) mass is 359 g/mol. The van der Waals surface area contributed by atoms with Crippen molar-refractivity contribution in [2.24, 2.45) is 7.05 Å². The predicted octanol–water partition coefficient (Wildman–Crippen LogP) is 2.62. The average Bonchev–Trinajstić information content (AvgIpc) is 2.68. The molecule has 0 fully saturated rings. The summed E-state index contributed by atoms with van der Waals surface area (Å²) < 4.78 is 3.51. The lowest BCUT2D eigenvalue weighted by molar-refractivity contribution is 0.177. The van der Waals surface area contributed by atoms with Crippen LogP contribution in [0.2, 0.25) is 0 Å². The zero-order valence-corrected chi connectivity index (χ0v) is 12.3. The molecular formula is C11H11Br2N3O. The third-order valence-corrected chi connectivity index (χ3v) is 4.26. The van der Waals surface area contributed by atoms with Crippen molar-refractivity contribution in [1.29, 1.82) is 0 Å².